The highest BCUT2D eigenvalue weighted by atomic mass is 32.2. The number of sulfonamides is 1. The third-order valence-electron chi connectivity index (χ3n) is 4.30. The molecule has 0 amide bonds. The monoisotopic (exact) mass is 325 g/mol. The lowest BCUT2D eigenvalue weighted by molar-refractivity contribution is 0.258. The number of benzene rings is 1. The lowest BCUT2D eigenvalue weighted by atomic mass is 10.0. The number of nitrogens with one attached hydrogen (secondary N) is 1. The summed E-state index contributed by atoms with van der Waals surface area (Å²) >= 11 is 0. The Labute approximate surface area is 134 Å². The lowest BCUT2D eigenvalue weighted by Crippen LogP contribution is -2.28. The predicted octanol–water partition coefficient (Wildman–Crippen LogP) is 1.83. The second-order valence-corrected chi connectivity index (χ2v) is 8.11. The van der Waals surface area contributed by atoms with E-state index < -0.39 is 10.0 Å². The molecule has 0 aromatic heterocycles. The molecule has 0 radical (unpaired) electrons. The Morgan fingerprint density at radius 1 is 1.36 bits per heavy atom. The third-order valence-corrected chi connectivity index (χ3v) is 5.75. The van der Waals surface area contributed by atoms with Gasteiger partial charge in [-0.05, 0) is 57.1 Å². The van der Waals surface area contributed by atoms with Gasteiger partial charge in [0.15, 0.2) is 0 Å². The molecule has 0 aliphatic carbocycles. The van der Waals surface area contributed by atoms with Gasteiger partial charge in [0.25, 0.3) is 0 Å². The maximum absolute atomic E-state index is 11.5. The zero-order valence-corrected chi connectivity index (χ0v) is 14.6. The number of anilines is 1. The summed E-state index contributed by atoms with van der Waals surface area (Å²) in [7, 11) is 2.48. The summed E-state index contributed by atoms with van der Waals surface area (Å²) in [5, 5.41) is 0. The summed E-state index contributed by atoms with van der Waals surface area (Å²) in [6.07, 6.45) is 3.00. The van der Waals surface area contributed by atoms with Crippen molar-refractivity contribution in [2.45, 2.75) is 25.3 Å². The molecule has 0 spiro atoms. The molecule has 124 valence electrons. The van der Waals surface area contributed by atoms with Gasteiger partial charge in [0.2, 0.25) is 10.0 Å². The molecule has 5 nitrogen and oxygen atoms in total. The molecule has 22 heavy (non-hydrogen) atoms. The molecule has 1 aromatic carbocycles. The Kier molecular flexibility index (Phi) is 5.83. The Bertz CT molecular complexity index is 587. The number of rotatable bonds is 7. The van der Waals surface area contributed by atoms with Crippen LogP contribution < -0.4 is 9.62 Å². The van der Waals surface area contributed by atoms with Crippen molar-refractivity contribution >= 4 is 15.7 Å². The topological polar surface area (TPSA) is 52.7 Å². The van der Waals surface area contributed by atoms with Crippen LogP contribution in [0.2, 0.25) is 0 Å². The zero-order valence-electron chi connectivity index (χ0n) is 13.7. The molecule has 1 atom stereocenters. The molecule has 2 rings (SSSR count). The average Bonchev–Trinajstić information content (AvgIpc) is 2.95. The van der Waals surface area contributed by atoms with Crippen LogP contribution in [0.4, 0.5) is 5.69 Å². The van der Waals surface area contributed by atoms with Crippen molar-refractivity contribution in [3.05, 3.63) is 29.8 Å². The summed E-state index contributed by atoms with van der Waals surface area (Å²) in [4.78, 5) is 4.53. The minimum Gasteiger partial charge on any atom is -0.378 e. The van der Waals surface area contributed by atoms with Crippen LogP contribution in [-0.2, 0) is 10.0 Å². The Hall–Kier alpha value is -1.11. The molecule has 6 heteroatoms. The van der Waals surface area contributed by atoms with Crippen LogP contribution in [0.25, 0.3) is 0 Å². The highest BCUT2D eigenvalue weighted by Gasteiger charge is 2.26. The molecule has 1 N–H and O–H groups in total. The predicted molar refractivity (Wildman–Crippen MR) is 91.8 cm³/mol. The van der Waals surface area contributed by atoms with Crippen molar-refractivity contribution in [2.75, 3.05) is 44.9 Å². The SMILES string of the molecule is CNS(=O)(=O)CCCN1CCC[C@H]1c1cccc(N(C)C)c1. The van der Waals surface area contributed by atoms with E-state index in [2.05, 4.69) is 38.8 Å². The average molecular weight is 325 g/mol. The van der Waals surface area contributed by atoms with E-state index in [1.807, 2.05) is 14.1 Å². The minimum atomic E-state index is -3.09. The maximum atomic E-state index is 11.5. The Balaban J connectivity index is 2.00. The van der Waals surface area contributed by atoms with Gasteiger partial charge in [-0.25, -0.2) is 13.1 Å². The summed E-state index contributed by atoms with van der Waals surface area (Å²) < 4.78 is 25.4. The van der Waals surface area contributed by atoms with E-state index in [4.69, 9.17) is 0 Å². The summed E-state index contributed by atoms with van der Waals surface area (Å²) in [6.45, 7) is 1.88. The van der Waals surface area contributed by atoms with Gasteiger partial charge in [-0.1, -0.05) is 12.1 Å². The van der Waals surface area contributed by atoms with Crippen molar-refractivity contribution in [3.8, 4) is 0 Å². The molecule has 1 aliphatic rings. The van der Waals surface area contributed by atoms with Crippen molar-refractivity contribution in [1.29, 1.82) is 0 Å². The summed E-state index contributed by atoms with van der Waals surface area (Å²) in [6, 6.07) is 9.06. The first-order chi connectivity index (χ1) is 10.4. The molecular formula is C16H27N3O2S. The van der Waals surface area contributed by atoms with Gasteiger partial charge in [0, 0.05) is 25.8 Å². The normalized spacial score (nSPS) is 19.5. The molecule has 1 aromatic rings. The van der Waals surface area contributed by atoms with Gasteiger partial charge in [-0.2, -0.15) is 0 Å². The highest BCUT2D eigenvalue weighted by Crippen LogP contribution is 2.33. The molecule has 1 heterocycles. The van der Waals surface area contributed by atoms with E-state index in [1.165, 1.54) is 24.7 Å². The first kappa shape index (κ1) is 17.2. The number of nitrogens with zero attached hydrogens (tertiary/aromatic N) is 2. The van der Waals surface area contributed by atoms with E-state index in [-0.39, 0.29) is 5.75 Å². The fourth-order valence-electron chi connectivity index (χ4n) is 3.04. The smallest absolute Gasteiger partial charge is 0.211 e. The second kappa shape index (κ2) is 7.44. The zero-order chi connectivity index (χ0) is 16.2. The largest absolute Gasteiger partial charge is 0.378 e. The van der Waals surface area contributed by atoms with Crippen molar-refractivity contribution < 1.29 is 8.42 Å². The molecule has 0 saturated carbocycles. The van der Waals surface area contributed by atoms with E-state index in [0.29, 0.717) is 12.5 Å². The number of hydrogen-bond acceptors (Lipinski definition) is 4. The quantitative estimate of drug-likeness (QED) is 0.831. The van der Waals surface area contributed by atoms with Crippen molar-refractivity contribution in [3.63, 3.8) is 0 Å². The van der Waals surface area contributed by atoms with E-state index in [1.54, 1.807) is 0 Å². The first-order valence-electron chi connectivity index (χ1n) is 7.85. The minimum absolute atomic E-state index is 0.199. The number of hydrogen-bond donors (Lipinski definition) is 1. The Morgan fingerprint density at radius 2 is 2.14 bits per heavy atom. The summed E-state index contributed by atoms with van der Waals surface area (Å²) in [5.41, 5.74) is 2.54. The van der Waals surface area contributed by atoms with Gasteiger partial charge in [0.1, 0.15) is 0 Å². The number of likely N-dealkylation sites (tertiary alicyclic amines) is 1. The van der Waals surface area contributed by atoms with Crippen LogP contribution in [0.5, 0.6) is 0 Å². The third kappa shape index (κ3) is 4.44. The highest BCUT2D eigenvalue weighted by molar-refractivity contribution is 7.89. The van der Waals surface area contributed by atoms with Gasteiger partial charge in [0.05, 0.1) is 5.75 Å². The van der Waals surface area contributed by atoms with Gasteiger partial charge in [-0.15, -0.1) is 0 Å². The van der Waals surface area contributed by atoms with E-state index >= 15 is 0 Å². The Morgan fingerprint density at radius 3 is 2.82 bits per heavy atom. The van der Waals surface area contributed by atoms with Crippen molar-refractivity contribution in [2.24, 2.45) is 0 Å². The van der Waals surface area contributed by atoms with Crippen LogP contribution in [0, 0.1) is 0 Å². The molecule has 0 bridgehead atoms. The molecular weight excluding hydrogens is 298 g/mol. The van der Waals surface area contributed by atoms with Crippen molar-refractivity contribution in [1.82, 2.24) is 9.62 Å². The van der Waals surface area contributed by atoms with Gasteiger partial charge in [-0.3, -0.25) is 4.90 Å². The van der Waals surface area contributed by atoms with Crippen LogP contribution in [0.1, 0.15) is 30.9 Å². The summed E-state index contributed by atoms with van der Waals surface area (Å²) in [5.74, 6) is 0.199. The first-order valence-corrected chi connectivity index (χ1v) is 9.51. The van der Waals surface area contributed by atoms with Crippen LogP contribution in [0.15, 0.2) is 24.3 Å². The fraction of sp³-hybridized carbons (Fsp3) is 0.625. The molecule has 1 fully saturated rings. The standard InChI is InChI=1S/C16H27N3O2S/c1-17-22(20,21)12-6-11-19-10-5-9-16(19)14-7-4-8-15(13-14)18(2)3/h4,7-8,13,16-17H,5-6,9-12H2,1-3H3/t16-/m0/s1. The molecule has 0 unspecified atom stereocenters. The van der Waals surface area contributed by atoms with Crippen LogP contribution >= 0.6 is 0 Å². The lowest BCUT2D eigenvalue weighted by Gasteiger charge is -2.26. The van der Waals surface area contributed by atoms with E-state index in [0.717, 1.165) is 19.5 Å². The van der Waals surface area contributed by atoms with Gasteiger partial charge >= 0.3 is 0 Å². The fourth-order valence-corrected chi connectivity index (χ4v) is 3.75. The van der Waals surface area contributed by atoms with Crippen LogP contribution in [-0.4, -0.2) is 53.3 Å². The molecule has 1 aliphatic heterocycles. The van der Waals surface area contributed by atoms with E-state index in [9.17, 15) is 8.42 Å². The van der Waals surface area contributed by atoms with Crippen LogP contribution in [0.3, 0.4) is 0 Å². The second-order valence-electron chi connectivity index (χ2n) is 6.06. The maximum Gasteiger partial charge on any atom is 0.211 e. The van der Waals surface area contributed by atoms with Gasteiger partial charge < -0.3 is 4.90 Å². The molecule has 1 saturated heterocycles.